The van der Waals surface area contributed by atoms with Gasteiger partial charge in [0.05, 0.1) is 6.10 Å². The van der Waals surface area contributed by atoms with Crippen LogP contribution in [-0.2, 0) is 0 Å². The van der Waals surface area contributed by atoms with E-state index in [0.29, 0.717) is 10.8 Å². The number of aliphatic hydroxyl groups is 1. The van der Waals surface area contributed by atoms with Crippen LogP contribution in [0.2, 0.25) is 0 Å². The van der Waals surface area contributed by atoms with Crippen LogP contribution < -0.4 is 0 Å². The predicted molar refractivity (Wildman–Crippen MR) is 52.0 cm³/mol. The minimum Gasteiger partial charge on any atom is -0.393 e. The maximum Gasteiger partial charge on any atom is 0.0545 e. The summed E-state index contributed by atoms with van der Waals surface area (Å²) >= 11 is 0. The van der Waals surface area contributed by atoms with Crippen LogP contribution in [0.15, 0.2) is 0 Å². The Morgan fingerprint density at radius 2 is 1.92 bits per heavy atom. The summed E-state index contributed by atoms with van der Waals surface area (Å²) in [5.74, 6) is 0. The van der Waals surface area contributed by atoms with Crippen molar-refractivity contribution in [1.29, 1.82) is 0 Å². The van der Waals surface area contributed by atoms with Crippen molar-refractivity contribution in [1.82, 2.24) is 0 Å². The largest absolute Gasteiger partial charge is 0.393 e. The van der Waals surface area contributed by atoms with Crippen LogP contribution in [0, 0.1) is 10.8 Å². The van der Waals surface area contributed by atoms with Crippen molar-refractivity contribution in [3.05, 3.63) is 0 Å². The average molecular weight is 170 g/mol. The van der Waals surface area contributed by atoms with Gasteiger partial charge in [-0.3, -0.25) is 0 Å². The second-order valence-electron chi connectivity index (χ2n) is 5.19. The van der Waals surface area contributed by atoms with E-state index in [1.165, 1.54) is 12.8 Å². The van der Waals surface area contributed by atoms with Gasteiger partial charge in [-0.05, 0) is 30.1 Å². The highest BCUT2D eigenvalue weighted by Gasteiger charge is 2.43. The molecule has 0 aliphatic heterocycles. The molecular weight excluding hydrogens is 148 g/mol. The number of aliphatic hydroxyl groups excluding tert-OH is 1. The molecule has 1 saturated carbocycles. The Hall–Kier alpha value is -0.0400. The molecule has 0 bridgehead atoms. The Morgan fingerprint density at radius 1 is 1.33 bits per heavy atom. The highest BCUT2D eigenvalue weighted by molar-refractivity contribution is 4.94. The third-order valence-corrected chi connectivity index (χ3v) is 4.20. The zero-order chi connectivity index (χ0) is 9.41. The van der Waals surface area contributed by atoms with Gasteiger partial charge < -0.3 is 5.11 Å². The molecule has 2 unspecified atom stereocenters. The zero-order valence-electron chi connectivity index (χ0n) is 8.85. The van der Waals surface area contributed by atoms with Crippen LogP contribution >= 0.6 is 0 Å². The van der Waals surface area contributed by atoms with Gasteiger partial charge in [0.2, 0.25) is 0 Å². The molecule has 0 heterocycles. The molecular formula is C11H22O. The number of hydrogen-bond donors (Lipinski definition) is 1. The van der Waals surface area contributed by atoms with Gasteiger partial charge in [-0.1, -0.05) is 34.1 Å². The van der Waals surface area contributed by atoms with E-state index < -0.39 is 0 Å². The minimum atomic E-state index is -0.0528. The Labute approximate surface area is 76.2 Å². The number of rotatable bonds is 1. The summed E-state index contributed by atoms with van der Waals surface area (Å²) in [6, 6.07) is 0. The number of hydrogen-bond acceptors (Lipinski definition) is 1. The van der Waals surface area contributed by atoms with Crippen LogP contribution in [-0.4, -0.2) is 11.2 Å². The van der Waals surface area contributed by atoms with Gasteiger partial charge in [-0.2, -0.15) is 0 Å². The van der Waals surface area contributed by atoms with E-state index in [0.717, 1.165) is 12.8 Å². The highest BCUT2D eigenvalue weighted by Crippen LogP contribution is 2.51. The lowest BCUT2D eigenvalue weighted by Crippen LogP contribution is -2.42. The highest BCUT2D eigenvalue weighted by atomic mass is 16.3. The summed E-state index contributed by atoms with van der Waals surface area (Å²) in [5.41, 5.74) is 0.742. The van der Waals surface area contributed by atoms with Crippen molar-refractivity contribution in [3.63, 3.8) is 0 Å². The van der Waals surface area contributed by atoms with Crippen molar-refractivity contribution in [2.75, 3.05) is 0 Å². The summed E-state index contributed by atoms with van der Waals surface area (Å²) in [5, 5.41) is 9.61. The lowest BCUT2D eigenvalue weighted by Gasteiger charge is -2.49. The predicted octanol–water partition coefficient (Wildman–Crippen LogP) is 2.97. The van der Waals surface area contributed by atoms with E-state index >= 15 is 0 Å². The van der Waals surface area contributed by atoms with Crippen LogP contribution in [0.1, 0.15) is 53.4 Å². The molecule has 0 saturated heterocycles. The summed E-state index contributed by atoms with van der Waals surface area (Å²) in [6.45, 7) is 9.22. The monoisotopic (exact) mass is 170 g/mol. The maximum absolute atomic E-state index is 9.61. The van der Waals surface area contributed by atoms with E-state index in [2.05, 4.69) is 27.7 Å². The molecule has 0 aromatic heterocycles. The summed E-state index contributed by atoms with van der Waals surface area (Å²) in [4.78, 5) is 0. The molecule has 0 radical (unpaired) electrons. The second-order valence-corrected chi connectivity index (χ2v) is 5.19. The van der Waals surface area contributed by atoms with Gasteiger partial charge in [0, 0.05) is 0 Å². The molecule has 1 N–H and O–H groups in total. The molecule has 1 aliphatic rings. The van der Waals surface area contributed by atoms with Gasteiger partial charge in [-0.25, -0.2) is 0 Å². The first-order valence-corrected chi connectivity index (χ1v) is 5.09. The third kappa shape index (κ3) is 1.52. The molecule has 1 aliphatic carbocycles. The lowest BCUT2D eigenvalue weighted by atomic mass is 9.57. The summed E-state index contributed by atoms with van der Waals surface area (Å²) in [6.07, 6.45) is 4.26. The normalized spacial score (nSPS) is 41.2. The standard InChI is InChI=1S/C11H22O/c1-5-11(4)8-9(12)6-7-10(11,2)3/h9,12H,5-8H2,1-4H3. The quantitative estimate of drug-likeness (QED) is 0.641. The molecule has 1 nitrogen and oxygen atoms in total. The van der Waals surface area contributed by atoms with Gasteiger partial charge >= 0.3 is 0 Å². The summed E-state index contributed by atoms with van der Waals surface area (Å²) in [7, 11) is 0. The van der Waals surface area contributed by atoms with Crippen LogP contribution in [0.4, 0.5) is 0 Å². The molecule has 1 fully saturated rings. The van der Waals surface area contributed by atoms with Crippen molar-refractivity contribution in [3.8, 4) is 0 Å². The van der Waals surface area contributed by atoms with Crippen molar-refractivity contribution >= 4 is 0 Å². The topological polar surface area (TPSA) is 20.2 Å². The van der Waals surface area contributed by atoms with E-state index in [4.69, 9.17) is 0 Å². The van der Waals surface area contributed by atoms with Crippen LogP contribution in [0.5, 0.6) is 0 Å². The van der Waals surface area contributed by atoms with Crippen molar-refractivity contribution in [2.45, 2.75) is 59.5 Å². The molecule has 1 rings (SSSR count). The van der Waals surface area contributed by atoms with Crippen LogP contribution in [0.25, 0.3) is 0 Å². The molecule has 2 atom stereocenters. The molecule has 0 aromatic rings. The lowest BCUT2D eigenvalue weighted by molar-refractivity contribution is -0.0392. The average Bonchev–Trinajstić information content (AvgIpc) is 1.98. The van der Waals surface area contributed by atoms with E-state index in [1.54, 1.807) is 0 Å². The first-order valence-electron chi connectivity index (χ1n) is 5.09. The maximum atomic E-state index is 9.61. The molecule has 0 spiro atoms. The van der Waals surface area contributed by atoms with Crippen molar-refractivity contribution in [2.24, 2.45) is 10.8 Å². The van der Waals surface area contributed by atoms with E-state index in [1.807, 2.05) is 0 Å². The van der Waals surface area contributed by atoms with Gasteiger partial charge in [0.1, 0.15) is 0 Å². The van der Waals surface area contributed by atoms with Crippen molar-refractivity contribution < 1.29 is 5.11 Å². The molecule has 0 aromatic carbocycles. The molecule has 12 heavy (non-hydrogen) atoms. The third-order valence-electron chi connectivity index (χ3n) is 4.20. The Balaban J connectivity index is 2.78. The Morgan fingerprint density at radius 3 is 2.33 bits per heavy atom. The molecule has 72 valence electrons. The van der Waals surface area contributed by atoms with Gasteiger partial charge in [-0.15, -0.1) is 0 Å². The summed E-state index contributed by atoms with van der Waals surface area (Å²) < 4.78 is 0. The smallest absolute Gasteiger partial charge is 0.0545 e. The van der Waals surface area contributed by atoms with Crippen LogP contribution in [0.3, 0.4) is 0 Å². The zero-order valence-corrected chi connectivity index (χ0v) is 8.85. The Bertz CT molecular complexity index is 162. The molecule has 1 heteroatoms. The Kier molecular flexibility index (Phi) is 2.53. The fourth-order valence-corrected chi connectivity index (χ4v) is 2.35. The van der Waals surface area contributed by atoms with Gasteiger partial charge in [0.25, 0.3) is 0 Å². The first-order chi connectivity index (χ1) is 5.41. The SMILES string of the molecule is CCC1(C)CC(O)CCC1(C)C. The van der Waals surface area contributed by atoms with E-state index in [9.17, 15) is 5.11 Å². The van der Waals surface area contributed by atoms with Gasteiger partial charge in [0.15, 0.2) is 0 Å². The second kappa shape index (κ2) is 3.02. The van der Waals surface area contributed by atoms with E-state index in [-0.39, 0.29) is 6.10 Å². The fraction of sp³-hybridized carbons (Fsp3) is 1.00. The first kappa shape index (κ1) is 10.0. The minimum absolute atomic E-state index is 0.0528. The molecule has 0 amide bonds. The fourth-order valence-electron chi connectivity index (χ4n) is 2.35.